The van der Waals surface area contributed by atoms with Crippen LogP contribution < -0.4 is 10.5 Å². The molecule has 0 aliphatic heterocycles. The molecule has 0 aliphatic rings. The normalized spacial score (nSPS) is 11.4. The first-order valence-electron chi connectivity index (χ1n) is 5.91. The van der Waals surface area contributed by atoms with Crippen LogP contribution in [0.15, 0.2) is 40.0 Å². The average molecular weight is 336 g/mol. The first-order chi connectivity index (χ1) is 9.51. The number of hydrogen-bond donors (Lipinski definition) is 2. The van der Waals surface area contributed by atoms with Crippen molar-refractivity contribution in [3.63, 3.8) is 0 Å². The number of nitrogens with two attached hydrogens (primary N) is 1. The molecule has 0 amide bonds. The summed E-state index contributed by atoms with van der Waals surface area (Å²) in [6.45, 7) is 3.83. The maximum atomic E-state index is 8.81. The van der Waals surface area contributed by atoms with Crippen molar-refractivity contribution >= 4 is 21.8 Å². The molecule has 3 N–H and O–H groups in total. The lowest BCUT2D eigenvalue weighted by atomic mass is 10.2. The van der Waals surface area contributed by atoms with Crippen LogP contribution in [-0.4, -0.2) is 16.0 Å². The predicted octanol–water partition coefficient (Wildman–Crippen LogP) is 3.35. The number of ether oxygens (including phenoxy) is 1. The number of aromatic nitrogens is 1. The predicted molar refractivity (Wildman–Crippen MR) is 80.4 cm³/mol. The molecule has 2 rings (SSSR count). The molecule has 0 spiro atoms. The van der Waals surface area contributed by atoms with Crippen LogP contribution in [0.25, 0.3) is 0 Å². The largest absolute Gasteiger partial charge is 0.437 e. The fourth-order valence-electron chi connectivity index (χ4n) is 1.65. The average Bonchev–Trinajstić information content (AvgIpc) is 2.41. The van der Waals surface area contributed by atoms with Crippen LogP contribution in [0.2, 0.25) is 0 Å². The van der Waals surface area contributed by atoms with Crippen LogP contribution in [0.5, 0.6) is 11.6 Å². The van der Waals surface area contributed by atoms with Gasteiger partial charge in [0.05, 0.1) is 10.0 Å². The lowest BCUT2D eigenvalue weighted by Crippen LogP contribution is -2.15. The van der Waals surface area contributed by atoms with Gasteiger partial charge in [0, 0.05) is 5.69 Å². The van der Waals surface area contributed by atoms with Gasteiger partial charge in [0.15, 0.2) is 5.84 Å². The number of oxime groups is 1. The Morgan fingerprint density at radius 1 is 1.30 bits per heavy atom. The summed E-state index contributed by atoms with van der Waals surface area (Å²) in [4.78, 5) is 4.29. The van der Waals surface area contributed by atoms with Gasteiger partial charge in [-0.05, 0) is 59.6 Å². The van der Waals surface area contributed by atoms with E-state index in [4.69, 9.17) is 15.7 Å². The molecule has 0 saturated heterocycles. The Labute approximate surface area is 125 Å². The van der Waals surface area contributed by atoms with Gasteiger partial charge >= 0.3 is 0 Å². The zero-order valence-corrected chi connectivity index (χ0v) is 12.7. The molecule has 0 aliphatic carbocycles. The van der Waals surface area contributed by atoms with Crippen molar-refractivity contribution in [3.8, 4) is 11.6 Å². The SMILES string of the molecule is Cc1ccc(Oc2nc(C)ccc2C(N)=NO)c(Br)c1. The Morgan fingerprint density at radius 3 is 2.70 bits per heavy atom. The van der Waals surface area contributed by atoms with Gasteiger partial charge < -0.3 is 15.7 Å². The van der Waals surface area contributed by atoms with Gasteiger partial charge in [-0.2, -0.15) is 0 Å². The summed E-state index contributed by atoms with van der Waals surface area (Å²) >= 11 is 3.44. The number of nitrogens with zero attached hydrogens (tertiary/aromatic N) is 2. The van der Waals surface area contributed by atoms with Gasteiger partial charge in [-0.3, -0.25) is 0 Å². The van der Waals surface area contributed by atoms with Crippen molar-refractivity contribution in [3.05, 3.63) is 51.6 Å². The third-order valence-corrected chi connectivity index (χ3v) is 3.30. The molecule has 0 atom stereocenters. The van der Waals surface area contributed by atoms with Gasteiger partial charge in [0.1, 0.15) is 5.75 Å². The first-order valence-corrected chi connectivity index (χ1v) is 6.70. The number of aryl methyl sites for hydroxylation is 2. The van der Waals surface area contributed by atoms with Crippen molar-refractivity contribution < 1.29 is 9.94 Å². The monoisotopic (exact) mass is 335 g/mol. The molecule has 20 heavy (non-hydrogen) atoms. The second kappa shape index (κ2) is 5.92. The Hall–Kier alpha value is -2.08. The fourth-order valence-corrected chi connectivity index (χ4v) is 2.23. The molecule has 0 fully saturated rings. The number of halogens is 1. The van der Waals surface area contributed by atoms with Gasteiger partial charge in [-0.25, -0.2) is 4.98 Å². The molecule has 0 unspecified atom stereocenters. The van der Waals surface area contributed by atoms with Crippen molar-refractivity contribution in [2.45, 2.75) is 13.8 Å². The number of hydrogen-bond acceptors (Lipinski definition) is 4. The van der Waals surface area contributed by atoms with Crippen LogP contribution >= 0.6 is 15.9 Å². The summed E-state index contributed by atoms with van der Waals surface area (Å²) in [7, 11) is 0. The van der Waals surface area contributed by atoms with E-state index >= 15 is 0 Å². The Balaban J connectivity index is 2.44. The topological polar surface area (TPSA) is 80.7 Å². The molecule has 0 bridgehead atoms. The number of rotatable bonds is 3. The van der Waals surface area contributed by atoms with E-state index in [1.165, 1.54) is 0 Å². The summed E-state index contributed by atoms with van der Waals surface area (Å²) in [5, 5.41) is 11.8. The van der Waals surface area contributed by atoms with E-state index in [0.29, 0.717) is 17.2 Å². The molecule has 104 valence electrons. The van der Waals surface area contributed by atoms with E-state index in [-0.39, 0.29) is 5.84 Å². The van der Waals surface area contributed by atoms with E-state index in [2.05, 4.69) is 26.1 Å². The second-order valence-corrected chi connectivity index (χ2v) is 5.18. The maximum absolute atomic E-state index is 8.81. The lowest BCUT2D eigenvalue weighted by molar-refractivity contribution is 0.318. The number of pyridine rings is 1. The van der Waals surface area contributed by atoms with Crippen LogP contribution in [0.4, 0.5) is 0 Å². The van der Waals surface area contributed by atoms with Gasteiger partial charge in [-0.1, -0.05) is 11.2 Å². The van der Waals surface area contributed by atoms with E-state index < -0.39 is 0 Å². The third kappa shape index (κ3) is 3.08. The highest BCUT2D eigenvalue weighted by atomic mass is 79.9. The zero-order valence-electron chi connectivity index (χ0n) is 11.1. The third-order valence-electron chi connectivity index (χ3n) is 2.68. The standard InChI is InChI=1S/C14H14BrN3O2/c1-8-3-6-12(11(15)7-8)20-14-10(13(16)18-19)5-4-9(2)17-14/h3-7,19H,1-2H3,(H2,16,18). The lowest BCUT2D eigenvalue weighted by Gasteiger charge is -2.11. The van der Waals surface area contributed by atoms with Crippen LogP contribution in [0, 0.1) is 13.8 Å². The number of amidine groups is 1. The van der Waals surface area contributed by atoms with Gasteiger partial charge in [0.2, 0.25) is 5.88 Å². The van der Waals surface area contributed by atoms with Crippen molar-refractivity contribution in [1.82, 2.24) is 4.98 Å². The molecule has 2 aromatic rings. The Bertz CT molecular complexity index is 671. The smallest absolute Gasteiger partial charge is 0.230 e. The Morgan fingerprint density at radius 2 is 2.05 bits per heavy atom. The molecule has 0 radical (unpaired) electrons. The van der Waals surface area contributed by atoms with Crippen molar-refractivity contribution in [1.29, 1.82) is 0 Å². The summed E-state index contributed by atoms with van der Waals surface area (Å²) < 4.78 is 6.58. The quantitative estimate of drug-likeness (QED) is 0.390. The van der Waals surface area contributed by atoms with Crippen molar-refractivity contribution in [2.75, 3.05) is 0 Å². The molecule has 1 aromatic carbocycles. The van der Waals surface area contributed by atoms with Gasteiger partial charge in [-0.15, -0.1) is 0 Å². The van der Waals surface area contributed by atoms with Gasteiger partial charge in [0.25, 0.3) is 0 Å². The van der Waals surface area contributed by atoms with E-state index in [9.17, 15) is 0 Å². The Kier molecular flexibility index (Phi) is 4.24. The maximum Gasteiger partial charge on any atom is 0.230 e. The molecule has 1 aromatic heterocycles. The van der Waals surface area contributed by atoms with E-state index in [1.54, 1.807) is 12.1 Å². The minimum Gasteiger partial charge on any atom is -0.437 e. The molecule has 5 nitrogen and oxygen atoms in total. The fraction of sp³-hybridized carbons (Fsp3) is 0.143. The highest BCUT2D eigenvalue weighted by Crippen LogP contribution is 2.31. The summed E-state index contributed by atoms with van der Waals surface area (Å²) in [6.07, 6.45) is 0. The molecule has 6 heteroatoms. The summed E-state index contributed by atoms with van der Waals surface area (Å²) in [5.41, 5.74) is 7.95. The zero-order chi connectivity index (χ0) is 14.7. The van der Waals surface area contributed by atoms with E-state index in [1.807, 2.05) is 32.0 Å². The minimum absolute atomic E-state index is 0.0456. The number of benzene rings is 1. The molecular formula is C14H14BrN3O2. The van der Waals surface area contributed by atoms with Crippen molar-refractivity contribution in [2.24, 2.45) is 10.9 Å². The first kappa shape index (κ1) is 14.3. The molecule has 0 saturated carbocycles. The highest BCUT2D eigenvalue weighted by molar-refractivity contribution is 9.10. The minimum atomic E-state index is -0.0456. The summed E-state index contributed by atoms with van der Waals surface area (Å²) in [5.74, 6) is 0.862. The summed E-state index contributed by atoms with van der Waals surface area (Å²) in [6, 6.07) is 9.17. The highest BCUT2D eigenvalue weighted by Gasteiger charge is 2.13. The van der Waals surface area contributed by atoms with Crippen LogP contribution in [0.3, 0.4) is 0 Å². The van der Waals surface area contributed by atoms with Crippen LogP contribution in [0.1, 0.15) is 16.8 Å². The van der Waals surface area contributed by atoms with E-state index in [0.717, 1.165) is 15.7 Å². The molecular weight excluding hydrogens is 322 g/mol. The van der Waals surface area contributed by atoms with Crippen LogP contribution in [-0.2, 0) is 0 Å². The molecule has 1 heterocycles. The second-order valence-electron chi connectivity index (χ2n) is 4.33.